The summed E-state index contributed by atoms with van der Waals surface area (Å²) in [5.41, 5.74) is 3.00. The molecule has 0 spiro atoms. The number of carbonyl (C=O) groups is 2. The van der Waals surface area contributed by atoms with E-state index >= 15 is 0 Å². The average molecular weight is 330 g/mol. The van der Waals surface area contributed by atoms with Crippen molar-refractivity contribution in [1.29, 1.82) is 0 Å². The van der Waals surface area contributed by atoms with Crippen LogP contribution in [0.3, 0.4) is 0 Å². The zero-order chi connectivity index (χ0) is 17.5. The maximum atomic E-state index is 12.6. The van der Waals surface area contributed by atoms with E-state index in [0.717, 1.165) is 42.4 Å². The standard InChI is InChI=1S/C20H26O4/c1-4-6-12-23-19(21)17-14(3)15-10-8-9-11-16(15)18(17)20(22)24-13-7-5-2/h8-11,18H,4-7,12-13H2,1-3H3. The number of allylic oxidation sites excluding steroid dienone is 1. The second kappa shape index (κ2) is 8.67. The zero-order valence-electron chi connectivity index (χ0n) is 14.8. The molecule has 0 radical (unpaired) electrons. The molecule has 1 aliphatic carbocycles. The minimum absolute atomic E-state index is 0.366. The minimum atomic E-state index is -0.674. The molecule has 0 amide bonds. The van der Waals surface area contributed by atoms with Crippen LogP contribution in [0.4, 0.5) is 0 Å². The SMILES string of the molecule is CCCCOC(=O)C1=C(C)c2ccccc2C1C(=O)OCCCC. The highest BCUT2D eigenvalue weighted by Gasteiger charge is 2.39. The molecular formula is C20H26O4. The number of carbonyl (C=O) groups excluding carboxylic acids is 2. The Morgan fingerprint density at radius 3 is 2.29 bits per heavy atom. The highest BCUT2D eigenvalue weighted by molar-refractivity contribution is 6.08. The van der Waals surface area contributed by atoms with Gasteiger partial charge in [-0.15, -0.1) is 0 Å². The smallest absolute Gasteiger partial charge is 0.335 e. The van der Waals surface area contributed by atoms with Gasteiger partial charge in [0.2, 0.25) is 0 Å². The van der Waals surface area contributed by atoms with Crippen molar-refractivity contribution in [2.75, 3.05) is 13.2 Å². The molecule has 2 rings (SSSR count). The lowest BCUT2D eigenvalue weighted by Gasteiger charge is -2.15. The van der Waals surface area contributed by atoms with E-state index in [2.05, 4.69) is 0 Å². The van der Waals surface area contributed by atoms with Crippen LogP contribution in [0.15, 0.2) is 29.8 Å². The van der Waals surface area contributed by atoms with Gasteiger partial charge in [0, 0.05) is 0 Å². The Labute approximate surface area is 143 Å². The summed E-state index contributed by atoms with van der Waals surface area (Å²) in [6.45, 7) is 6.71. The van der Waals surface area contributed by atoms with E-state index in [9.17, 15) is 9.59 Å². The first kappa shape index (κ1) is 18.2. The Morgan fingerprint density at radius 2 is 1.62 bits per heavy atom. The number of hydrogen-bond acceptors (Lipinski definition) is 4. The van der Waals surface area contributed by atoms with Gasteiger partial charge in [-0.25, -0.2) is 4.79 Å². The summed E-state index contributed by atoms with van der Waals surface area (Å²) in [6.07, 6.45) is 3.54. The van der Waals surface area contributed by atoms with Gasteiger partial charge < -0.3 is 9.47 Å². The van der Waals surface area contributed by atoms with E-state index in [1.165, 1.54) is 0 Å². The number of unbranched alkanes of at least 4 members (excludes halogenated alkanes) is 2. The van der Waals surface area contributed by atoms with Crippen LogP contribution < -0.4 is 0 Å². The fourth-order valence-corrected chi connectivity index (χ4v) is 2.91. The molecule has 1 unspecified atom stereocenters. The zero-order valence-corrected chi connectivity index (χ0v) is 14.8. The molecule has 0 bridgehead atoms. The molecule has 1 aromatic rings. The Kier molecular flexibility index (Phi) is 6.59. The summed E-state index contributed by atoms with van der Waals surface area (Å²) in [6, 6.07) is 7.61. The number of benzene rings is 1. The van der Waals surface area contributed by atoms with Crippen LogP contribution in [-0.4, -0.2) is 25.2 Å². The molecule has 1 aliphatic rings. The van der Waals surface area contributed by atoms with Gasteiger partial charge in [-0.1, -0.05) is 51.0 Å². The molecule has 24 heavy (non-hydrogen) atoms. The van der Waals surface area contributed by atoms with Gasteiger partial charge in [0.1, 0.15) is 5.92 Å². The van der Waals surface area contributed by atoms with Crippen LogP contribution in [0.25, 0.3) is 5.57 Å². The van der Waals surface area contributed by atoms with Crippen molar-refractivity contribution in [1.82, 2.24) is 0 Å². The third-order valence-electron chi connectivity index (χ3n) is 4.30. The van der Waals surface area contributed by atoms with Gasteiger partial charge in [0.15, 0.2) is 0 Å². The predicted octanol–water partition coefficient (Wildman–Crippen LogP) is 4.24. The van der Waals surface area contributed by atoms with Crippen LogP contribution in [0.2, 0.25) is 0 Å². The highest BCUT2D eigenvalue weighted by Crippen LogP contribution is 2.42. The second-order valence-corrected chi connectivity index (χ2v) is 6.07. The van der Waals surface area contributed by atoms with Crippen molar-refractivity contribution in [2.45, 2.75) is 52.4 Å². The Bertz CT molecular complexity index is 630. The lowest BCUT2D eigenvalue weighted by molar-refractivity contribution is -0.147. The van der Waals surface area contributed by atoms with Gasteiger partial charge in [-0.3, -0.25) is 4.79 Å². The summed E-state index contributed by atoms with van der Waals surface area (Å²) in [7, 11) is 0. The largest absolute Gasteiger partial charge is 0.465 e. The van der Waals surface area contributed by atoms with E-state index in [1.54, 1.807) is 0 Å². The fourth-order valence-electron chi connectivity index (χ4n) is 2.91. The van der Waals surface area contributed by atoms with Crippen molar-refractivity contribution in [3.63, 3.8) is 0 Å². The van der Waals surface area contributed by atoms with Crippen molar-refractivity contribution < 1.29 is 19.1 Å². The van der Waals surface area contributed by atoms with Gasteiger partial charge in [-0.05, 0) is 36.5 Å². The van der Waals surface area contributed by atoms with Gasteiger partial charge in [0.05, 0.1) is 18.8 Å². The molecule has 4 heteroatoms. The first-order chi connectivity index (χ1) is 11.6. The maximum Gasteiger partial charge on any atom is 0.335 e. The highest BCUT2D eigenvalue weighted by atomic mass is 16.5. The van der Waals surface area contributed by atoms with E-state index in [-0.39, 0.29) is 5.97 Å². The minimum Gasteiger partial charge on any atom is -0.465 e. The molecule has 1 aromatic carbocycles. The van der Waals surface area contributed by atoms with Gasteiger partial charge in [0.25, 0.3) is 0 Å². The molecule has 0 N–H and O–H groups in total. The fraction of sp³-hybridized carbons (Fsp3) is 0.500. The van der Waals surface area contributed by atoms with E-state index in [0.29, 0.717) is 18.8 Å². The normalized spacial score (nSPS) is 16.0. The quantitative estimate of drug-likeness (QED) is 0.528. The first-order valence-electron chi connectivity index (χ1n) is 8.75. The van der Waals surface area contributed by atoms with Crippen LogP contribution in [-0.2, 0) is 19.1 Å². The molecule has 0 aromatic heterocycles. The molecule has 0 aliphatic heterocycles. The van der Waals surface area contributed by atoms with Crippen LogP contribution in [0, 0.1) is 0 Å². The Balaban J connectivity index is 2.26. The van der Waals surface area contributed by atoms with E-state index in [1.807, 2.05) is 45.0 Å². The summed E-state index contributed by atoms with van der Waals surface area (Å²) >= 11 is 0. The predicted molar refractivity (Wildman–Crippen MR) is 93.5 cm³/mol. The monoisotopic (exact) mass is 330 g/mol. The summed E-state index contributed by atoms with van der Waals surface area (Å²) < 4.78 is 10.8. The Morgan fingerprint density at radius 1 is 1.00 bits per heavy atom. The second-order valence-electron chi connectivity index (χ2n) is 6.07. The topological polar surface area (TPSA) is 52.6 Å². The number of hydrogen-bond donors (Lipinski definition) is 0. The number of esters is 2. The first-order valence-corrected chi connectivity index (χ1v) is 8.75. The van der Waals surface area contributed by atoms with E-state index < -0.39 is 11.9 Å². The van der Waals surface area contributed by atoms with Crippen molar-refractivity contribution in [3.05, 3.63) is 41.0 Å². The summed E-state index contributed by atoms with van der Waals surface area (Å²) in [5.74, 6) is -1.45. The number of fused-ring (bicyclic) bond motifs is 1. The molecule has 0 heterocycles. The maximum absolute atomic E-state index is 12.6. The van der Waals surface area contributed by atoms with Gasteiger partial charge >= 0.3 is 11.9 Å². The van der Waals surface area contributed by atoms with Crippen molar-refractivity contribution >= 4 is 17.5 Å². The van der Waals surface area contributed by atoms with Crippen molar-refractivity contribution in [3.8, 4) is 0 Å². The van der Waals surface area contributed by atoms with Crippen LogP contribution in [0.5, 0.6) is 0 Å². The molecule has 0 fully saturated rings. The van der Waals surface area contributed by atoms with Crippen LogP contribution in [0.1, 0.15) is 63.5 Å². The molecule has 0 saturated carbocycles. The number of rotatable bonds is 8. The molecule has 130 valence electrons. The summed E-state index contributed by atoms with van der Waals surface area (Å²) in [5, 5.41) is 0. The third kappa shape index (κ3) is 3.86. The third-order valence-corrected chi connectivity index (χ3v) is 4.30. The van der Waals surface area contributed by atoms with Crippen molar-refractivity contribution in [2.24, 2.45) is 0 Å². The van der Waals surface area contributed by atoms with Crippen LogP contribution >= 0.6 is 0 Å². The molecule has 4 nitrogen and oxygen atoms in total. The molecule has 0 saturated heterocycles. The molecular weight excluding hydrogens is 304 g/mol. The Hall–Kier alpha value is -2.10. The lowest BCUT2D eigenvalue weighted by atomic mass is 9.96. The summed E-state index contributed by atoms with van der Waals surface area (Å²) in [4.78, 5) is 25.2. The lowest BCUT2D eigenvalue weighted by Crippen LogP contribution is -2.22. The molecule has 1 atom stereocenters. The average Bonchev–Trinajstić information content (AvgIpc) is 2.88. The van der Waals surface area contributed by atoms with E-state index in [4.69, 9.17) is 9.47 Å². The number of ether oxygens (including phenoxy) is 2. The van der Waals surface area contributed by atoms with Gasteiger partial charge in [-0.2, -0.15) is 0 Å².